The zero-order chi connectivity index (χ0) is 13.0. The molecule has 0 amide bonds. The van der Waals surface area contributed by atoms with Gasteiger partial charge < -0.3 is 15.0 Å². The van der Waals surface area contributed by atoms with Gasteiger partial charge in [-0.1, -0.05) is 6.07 Å². The molecule has 100 valence electrons. The molecule has 1 aliphatic rings. The van der Waals surface area contributed by atoms with Gasteiger partial charge in [-0.25, -0.2) is 0 Å². The first-order valence-electron chi connectivity index (χ1n) is 6.90. The van der Waals surface area contributed by atoms with Crippen molar-refractivity contribution in [2.75, 3.05) is 31.1 Å². The molecule has 1 aromatic carbocycles. The highest BCUT2D eigenvalue weighted by Crippen LogP contribution is 2.30. The Bertz CT molecular complexity index is 382. The molecular formula is C15H24N2O. The van der Waals surface area contributed by atoms with Gasteiger partial charge in [0.2, 0.25) is 0 Å². The van der Waals surface area contributed by atoms with E-state index in [0.29, 0.717) is 0 Å². The SMILES string of the molecule is Cc1ccc(OC(C)C)c(N2CCCNCC2)c1. The van der Waals surface area contributed by atoms with E-state index >= 15 is 0 Å². The number of benzene rings is 1. The molecule has 2 rings (SSSR count). The van der Waals surface area contributed by atoms with Gasteiger partial charge in [-0.3, -0.25) is 0 Å². The van der Waals surface area contributed by atoms with Crippen LogP contribution >= 0.6 is 0 Å². The summed E-state index contributed by atoms with van der Waals surface area (Å²) in [6, 6.07) is 6.46. The minimum Gasteiger partial charge on any atom is -0.489 e. The van der Waals surface area contributed by atoms with E-state index in [1.165, 1.54) is 17.7 Å². The van der Waals surface area contributed by atoms with Crippen molar-refractivity contribution in [2.24, 2.45) is 0 Å². The maximum absolute atomic E-state index is 5.93. The number of anilines is 1. The topological polar surface area (TPSA) is 24.5 Å². The van der Waals surface area contributed by atoms with Crippen LogP contribution < -0.4 is 15.0 Å². The summed E-state index contributed by atoms with van der Waals surface area (Å²) in [7, 11) is 0. The summed E-state index contributed by atoms with van der Waals surface area (Å²) in [6.07, 6.45) is 1.41. The predicted octanol–water partition coefficient (Wildman–Crippen LogP) is 2.58. The first-order valence-corrected chi connectivity index (χ1v) is 6.90. The van der Waals surface area contributed by atoms with E-state index < -0.39 is 0 Å². The standard InChI is InChI=1S/C15H24N2O/c1-12(2)18-15-6-5-13(3)11-14(15)17-9-4-7-16-8-10-17/h5-6,11-12,16H,4,7-10H2,1-3H3. The molecule has 3 nitrogen and oxygen atoms in total. The van der Waals surface area contributed by atoms with E-state index in [2.05, 4.69) is 49.2 Å². The van der Waals surface area contributed by atoms with Crippen molar-refractivity contribution < 1.29 is 4.74 Å². The van der Waals surface area contributed by atoms with Crippen LogP contribution in [0.4, 0.5) is 5.69 Å². The molecule has 0 atom stereocenters. The van der Waals surface area contributed by atoms with Gasteiger partial charge in [0.1, 0.15) is 5.75 Å². The predicted molar refractivity (Wildman–Crippen MR) is 76.6 cm³/mol. The summed E-state index contributed by atoms with van der Waals surface area (Å²) < 4.78 is 5.93. The molecule has 1 fully saturated rings. The van der Waals surface area contributed by atoms with Gasteiger partial charge >= 0.3 is 0 Å². The number of ether oxygens (including phenoxy) is 1. The molecule has 1 aliphatic heterocycles. The lowest BCUT2D eigenvalue weighted by Crippen LogP contribution is -2.28. The average molecular weight is 248 g/mol. The van der Waals surface area contributed by atoms with Gasteiger partial charge in [-0.2, -0.15) is 0 Å². The van der Waals surface area contributed by atoms with Crippen molar-refractivity contribution in [3.63, 3.8) is 0 Å². The summed E-state index contributed by atoms with van der Waals surface area (Å²) in [5.41, 5.74) is 2.53. The molecule has 0 aliphatic carbocycles. The lowest BCUT2D eigenvalue weighted by molar-refractivity contribution is 0.243. The van der Waals surface area contributed by atoms with E-state index in [-0.39, 0.29) is 6.10 Å². The third-order valence-electron chi connectivity index (χ3n) is 3.16. The van der Waals surface area contributed by atoms with Crippen molar-refractivity contribution in [1.82, 2.24) is 5.32 Å². The lowest BCUT2D eigenvalue weighted by atomic mass is 10.2. The number of hydrogen-bond donors (Lipinski definition) is 1. The van der Waals surface area contributed by atoms with Gasteiger partial charge in [0.05, 0.1) is 11.8 Å². The van der Waals surface area contributed by atoms with Crippen LogP contribution in [0.25, 0.3) is 0 Å². The minimum atomic E-state index is 0.219. The Morgan fingerprint density at radius 2 is 2.06 bits per heavy atom. The van der Waals surface area contributed by atoms with Crippen LogP contribution in [0.15, 0.2) is 18.2 Å². The summed E-state index contributed by atoms with van der Waals surface area (Å²) >= 11 is 0. The number of nitrogens with one attached hydrogen (secondary N) is 1. The van der Waals surface area contributed by atoms with Crippen LogP contribution in [0.2, 0.25) is 0 Å². The van der Waals surface area contributed by atoms with Crippen molar-refractivity contribution >= 4 is 5.69 Å². The molecule has 0 bridgehead atoms. The van der Waals surface area contributed by atoms with Crippen LogP contribution in [-0.4, -0.2) is 32.3 Å². The van der Waals surface area contributed by atoms with Gasteiger partial charge in [0, 0.05) is 19.6 Å². The molecule has 0 saturated carbocycles. The van der Waals surface area contributed by atoms with Crippen molar-refractivity contribution in [3.8, 4) is 5.75 Å². The molecule has 1 heterocycles. The van der Waals surface area contributed by atoms with Crippen LogP contribution in [0, 0.1) is 6.92 Å². The first kappa shape index (κ1) is 13.2. The van der Waals surface area contributed by atoms with Crippen LogP contribution in [0.5, 0.6) is 5.75 Å². The third kappa shape index (κ3) is 3.39. The molecule has 1 saturated heterocycles. The van der Waals surface area contributed by atoms with E-state index in [1.54, 1.807) is 0 Å². The number of aryl methyl sites for hydroxylation is 1. The highest BCUT2D eigenvalue weighted by atomic mass is 16.5. The second kappa shape index (κ2) is 6.10. The Morgan fingerprint density at radius 1 is 1.22 bits per heavy atom. The molecule has 18 heavy (non-hydrogen) atoms. The second-order valence-electron chi connectivity index (χ2n) is 5.23. The van der Waals surface area contributed by atoms with E-state index in [4.69, 9.17) is 4.74 Å². The largest absolute Gasteiger partial charge is 0.489 e. The van der Waals surface area contributed by atoms with Crippen molar-refractivity contribution in [3.05, 3.63) is 23.8 Å². The van der Waals surface area contributed by atoms with Gasteiger partial charge in [0.15, 0.2) is 0 Å². The Kier molecular flexibility index (Phi) is 4.48. The fraction of sp³-hybridized carbons (Fsp3) is 0.600. The van der Waals surface area contributed by atoms with E-state index in [9.17, 15) is 0 Å². The smallest absolute Gasteiger partial charge is 0.142 e. The van der Waals surface area contributed by atoms with E-state index in [1.807, 2.05) is 0 Å². The maximum Gasteiger partial charge on any atom is 0.142 e. The van der Waals surface area contributed by atoms with Gasteiger partial charge in [-0.05, 0) is 51.4 Å². The van der Waals surface area contributed by atoms with Crippen LogP contribution in [-0.2, 0) is 0 Å². The zero-order valence-electron chi connectivity index (χ0n) is 11.7. The molecule has 1 aromatic rings. The van der Waals surface area contributed by atoms with E-state index in [0.717, 1.165) is 31.9 Å². The molecule has 0 spiro atoms. The van der Waals surface area contributed by atoms with Crippen LogP contribution in [0.3, 0.4) is 0 Å². The van der Waals surface area contributed by atoms with Gasteiger partial charge in [-0.15, -0.1) is 0 Å². The molecule has 0 aromatic heterocycles. The first-order chi connectivity index (χ1) is 8.66. The third-order valence-corrected chi connectivity index (χ3v) is 3.16. The lowest BCUT2D eigenvalue weighted by Gasteiger charge is -2.26. The summed E-state index contributed by atoms with van der Waals surface area (Å²) in [5.74, 6) is 1.01. The monoisotopic (exact) mass is 248 g/mol. The quantitative estimate of drug-likeness (QED) is 0.890. The number of nitrogens with zero attached hydrogens (tertiary/aromatic N) is 1. The van der Waals surface area contributed by atoms with Crippen molar-refractivity contribution in [1.29, 1.82) is 0 Å². The highest BCUT2D eigenvalue weighted by molar-refractivity contribution is 5.60. The highest BCUT2D eigenvalue weighted by Gasteiger charge is 2.15. The Hall–Kier alpha value is -1.22. The summed E-state index contributed by atoms with van der Waals surface area (Å²) in [4.78, 5) is 2.44. The molecule has 0 radical (unpaired) electrons. The fourth-order valence-electron chi connectivity index (χ4n) is 2.31. The zero-order valence-corrected chi connectivity index (χ0v) is 11.7. The molecule has 1 N–H and O–H groups in total. The van der Waals surface area contributed by atoms with Crippen LogP contribution in [0.1, 0.15) is 25.8 Å². The second-order valence-corrected chi connectivity index (χ2v) is 5.23. The number of hydrogen-bond acceptors (Lipinski definition) is 3. The Morgan fingerprint density at radius 3 is 2.83 bits per heavy atom. The average Bonchev–Trinajstić information content (AvgIpc) is 2.59. The normalized spacial score (nSPS) is 16.8. The Labute approximate surface area is 110 Å². The molecule has 0 unspecified atom stereocenters. The molecule has 3 heteroatoms. The Balaban J connectivity index is 2.24. The molecular weight excluding hydrogens is 224 g/mol. The number of rotatable bonds is 3. The minimum absolute atomic E-state index is 0.219. The van der Waals surface area contributed by atoms with Gasteiger partial charge in [0.25, 0.3) is 0 Å². The summed E-state index contributed by atoms with van der Waals surface area (Å²) in [6.45, 7) is 10.6. The summed E-state index contributed by atoms with van der Waals surface area (Å²) in [5, 5.41) is 3.44. The van der Waals surface area contributed by atoms with Crippen molar-refractivity contribution in [2.45, 2.75) is 33.3 Å². The maximum atomic E-state index is 5.93. The fourth-order valence-corrected chi connectivity index (χ4v) is 2.31.